The molecule has 2 aromatic rings. The van der Waals surface area contributed by atoms with Crippen molar-refractivity contribution < 1.29 is 13.2 Å². The first kappa shape index (κ1) is 13.2. The number of benzene rings is 1. The third-order valence-corrected chi connectivity index (χ3v) is 3.92. The van der Waals surface area contributed by atoms with Crippen molar-refractivity contribution in [2.45, 2.75) is 4.90 Å². The predicted octanol–water partition coefficient (Wildman–Crippen LogP) is 0.812. The molecule has 3 N–H and O–H groups in total. The topological polar surface area (TPSA) is 99.2 Å². The van der Waals surface area contributed by atoms with Crippen molar-refractivity contribution in [3.8, 4) is 5.75 Å². The summed E-state index contributed by atoms with van der Waals surface area (Å²) in [7, 11) is -0.594. The Labute approximate surface area is 111 Å². The lowest BCUT2D eigenvalue weighted by molar-refractivity contribution is 0.416. The van der Waals surface area contributed by atoms with Crippen molar-refractivity contribution in [1.82, 2.24) is 9.78 Å². The van der Waals surface area contributed by atoms with E-state index >= 15 is 0 Å². The summed E-state index contributed by atoms with van der Waals surface area (Å²) < 4.78 is 33.1. The number of nitrogens with zero attached hydrogens (tertiary/aromatic N) is 2. The number of nitrogen functional groups attached to an aromatic ring is 1. The molecule has 2 rings (SSSR count). The van der Waals surface area contributed by atoms with Crippen molar-refractivity contribution in [2.75, 3.05) is 17.6 Å². The van der Waals surface area contributed by atoms with Gasteiger partial charge in [0.05, 0.1) is 23.9 Å². The number of aryl methyl sites for hydroxylation is 1. The molecular formula is C11H14N4O3S. The fraction of sp³-hybridized carbons (Fsp3) is 0.182. The summed E-state index contributed by atoms with van der Waals surface area (Å²) >= 11 is 0. The Morgan fingerprint density at radius 2 is 2.11 bits per heavy atom. The number of nitrogens with one attached hydrogen (secondary N) is 1. The molecule has 0 bridgehead atoms. The Morgan fingerprint density at radius 1 is 1.37 bits per heavy atom. The minimum absolute atomic E-state index is 0.0620. The largest absolute Gasteiger partial charge is 0.495 e. The van der Waals surface area contributed by atoms with Crippen molar-refractivity contribution in [2.24, 2.45) is 7.05 Å². The summed E-state index contributed by atoms with van der Waals surface area (Å²) in [5.41, 5.74) is 5.96. The fourth-order valence-electron chi connectivity index (χ4n) is 1.55. The molecule has 0 aliphatic heterocycles. The standard InChI is InChI=1S/C11H14N4O3S/c1-15-11(5-6-13-15)14-19(16,17)8-3-4-10(18-2)9(12)7-8/h3-7,14H,12H2,1-2H3. The molecule has 0 unspecified atom stereocenters. The van der Waals surface area contributed by atoms with Gasteiger partial charge >= 0.3 is 0 Å². The van der Waals surface area contributed by atoms with Gasteiger partial charge in [0.1, 0.15) is 11.6 Å². The molecule has 0 atom stereocenters. The molecule has 19 heavy (non-hydrogen) atoms. The highest BCUT2D eigenvalue weighted by Crippen LogP contribution is 2.25. The highest BCUT2D eigenvalue weighted by atomic mass is 32.2. The molecule has 0 fully saturated rings. The van der Waals surface area contributed by atoms with Gasteiger partial charge in [-0.1, -0.05) is 0 Å². The highest BCUT2D eigenvalue weighted by Gasteiger charge is 2.17. The molecule has 8 heteroatoms. The molecule has 0 radical (unpaired) electrons. The van der Waals surface area contributed by atoms with Crippen LogP contribution in [-0.4, -0.2) is 25.3 Å². The van der Waals surface area contributed by atoms with E-state index in [0.29, 0.717) is 11.6 Å². The molecule has 0 saturated heterocycles. The molecule has 1 heterocycles. The van der Waals surface area contributed by atoms with Gasteiger partial charge in [-0.2, -0.15) is 5.10 Å². The van der Waals surface area contributed by atoms with E-state index in [2.05, 4.69) is 9.82 Å². The Balaban J connectivity index is 2.35. The third-order valence-electron chi connectivity index (χ3n) is 2.57. The maximum Gasteiger partial charge on any atom is 0.263 e. The maximum absolute atomic E-state index is 12.2. The molecular weight excluding hydrogens is 268 g/mol. The fourth-order valence-corrected chi connectivity index (χ4v) is 2.67. The Hall–Kier alpha value is -2.22. The lowest BCUT2D eigenvalue weighted by atomic mass is 10.3. The smallest absolute Gasteiger partial charge is 0.263 e. The minimum atomic E-state index is -3.70. The molecule has 1 aromatic heterocycles. The first-order chi connectivity index (χ1) is 8.94. The van der Waals surface area contributed by atoms with Crippen LogP contribution in [0.4, 0.5) is 11.5 Å². The van der Waals surface area contributed by atoms with Crippen molar-refractivity contribution in [1.29, 1.82) is 0 Å². The van der Waals surface area contributed by atoms with Crippen LogP contribution in [0.3, 0.4) is 0 Å². The van der Waals surface area contributed by atoms with Gasteiger partial charge in [0.15, 0.2) is 0 Å². The zero-order chi connectivity index (χ0) is 14.0. The van der Waals surface area contributed by atoms with Crippen LogP contribution in [0.2, 0.25) is 0 Å². The molecule has 0 aliphatic rings. The van der Waals surface area contributed by atoms with Gasteiger partial charge in [0.25, 0.3) is 10.0 Å². The first-order valence-electron chi connectivity index (χ1n) is 5.38. The second-order valence-corrected chi connectivity index (χ2v) is 5.53. The number of hydrogen-bond acceptors (Lipinski definition) is 5. The van der Waals surface area contributed by atoms with Crippen molar-refractivity contribution >= 4 is 21.5 Å². The summed E-state index contributed by atoms with van der Waals surface area (Å²) in [5.74, 6) is 0.800. The summed E-state index contributed by atoms with van der Waals surface area (Å²) in [6.07, 6.45) is 1.50. The number of sulfonamides is 1. The van der Waals surface area contributed by atoms with Crippen LogP contribution in [0.25, 0.3) is 0 Å². The van der Waals surface area contributed by atoms with Crippen LogP contribution in [0.15, 0.2) is 35.4 Å². The van der Waals surface area contributed by atoms with Gasteiger partial charge < -0.3 is 10.5 Å². The number of hydrogen-bond donors (Lipinski definition) is 2. The Bertz CT molecular complexity index is 694. The van der Waals surface area contributed by atoms with E-state index in [1.807, 2.05) is 0 Å². The average molecular weight is 282 g/mol. The van der Waals surface area contributed by atoms with Gasteiger partial charge in [0, 0.05) is 13.1 Å². The van der Waals surface area contributed by atoms with Crippen LogP contribution in [0.1, 0.15) is 0 Å². The summed E-state index contributed by atoms with van der Waals surface area (Å²) in [5, 5.41) is 3.88. The lowest BCUT2D eigenvalue weighted by Crippen LogP contribution is -2.15. The zero-order valence-electron chi connectivity index (χ0n) is 10.5. The van der Waals surface area contributed by atoms with E-state index < -0.39 is 10.0 Å². The number of nitrogens with two attached hydrogens (primary N) is 1. The molecule has 0 amide bonds. The van der Waals surface area contributed by atoms with E-state index in [1.54, 1.807) is 13.1 Å². The number of anilines is 2. The van der Waals surface area contributed by atoms with Crippen LogP contribution in [0, 0.1) is 0 Å². The summed E-state index contributed by atoms with van der Waals surface area (Å²) in [6.45, 7) is 0. The Kier molecular flexibility index (Phi) is 3.34. The van der Waals surface area contributed by atoms with Crippen LogP contribution in [-0.2, 0) is 17.1 Å². The van der Waals surface area contributed by atoms with E-state index in [1.165, 1.54) is 36.2 Å². The summed E-state index contributed by atoms with van der Waals surface area (Å²) in [6, 6.07) is 5.84. The predicted molar refractivity (Wildman–Crippen MR) is 71.4 cm³/mol. The van der Waals surface area contributed by atoms with E-state index in [0.717, 1.165) is 0 Å². The molecule has 0 spiro atoms. The third kappa shape index (κ3) is 2.63. The molecule has 1 aromatic carbocycles. The molecule has 0 aliphatic carbocycles. The van der Waals surface area contributed by atoms with E-state index in [4.69, 9.17) is 10.5 Å². The highest BCUT2D eigenvalue weighted by molar-refractivity contribution is 7.92. The number of rotatable bonds is 4. The monoisotopic (exact) mass is 282 g/mol. The molecule has 0 saturated carbocycles. The minimum Gasteiger partial charge on any atom is -0.495 e. The molecule has 102 valence electrons. The summed E-state index contributed by atoms with van der Waals surface area (Å²) in [4.78, 5) is 0.0620. The van der Waals surface area contributed by atoms with Crippen molar-refractivity contribution in [3.05, 3.63) is 30.5 Å². The normalized spacial score (nSPS) is 11.3. The molecule has 7 nitrogen and oxygen atoms in total. The van der Waals surface area contributed by atoms with Gasteiger partial charge in [-0.3, -0.25) is 9.40 Å². The van der Waals surface area contributed by atoms with Gasteiger partial charge in [-0.25, -0.2) is 8.42 Å². The van der Waals surface area contributed by atoms with E-state index in [-0.39, 0.29) is 10.6 Å². The quantitative estimate of drug-likeness (QED) is 0.808. The average Bonchev–Trinajstić information content (AvgIpc) is 2.74. The maximum atomic E-state index is 12.2. The van der Waals surface area contributed by atoms with Crippen LogP contribution < -0.4 is 15.2 Å². The van der Waals surface area contributed by atoms with E-state index in [9.17, 15) is 8.42 Å². The van der Waals surface area contributed by atoms with Crippen LogP contribution >= 0.6 is 0 Å². The first-order valence-corrected chi connectivity index (χ1v) is 6.86. The number of ether oxygens (including phenoxy) is 1. The zero-order valence-corrected chi connectivity index (χ0v) is 11.3. The second-order valence-electron chi connectivity index (χ2n) is 3.85. The number of aromatic nitrogens is 2. The van der Waals surface area contributed by atoms with Gasteiger partial charge in [0.2, 0.25) is 0 Å². The second kappa shape index (κ2) is 4.81. The lowest BCUT2D eigenvalue weighted by Gasteiger charge is -2.10. The SMILES string of the molecule is COc1ccc(S(=O)(=O)Nc2ccnn2C)cc1N. The van der Waals surface area contributed by atoms with Gasteiger partial charge in [-0.05, 0) is 18.2 Å². The van der Waals surface area contributed by atoms with Crippen LogP contribution in [0.5, 0.6) is 5.75 Å². The number of methoxy groups -OCH3 is 1. The van der Waals surface area contributed by atoms with Crippen molar-refractivity contribution in [3.63, 3.8) is 0 Å². The van der Waals surface area contributed by atoms with Gasteiger partial charge in [-0.15, -0.1) is 0 Å². The Morgan fingerprint density at radius 3 is 2.63 bits per heavy atom.